The van der Waals surface area contributed by atoms with Crippen LogP contribution in [0.2, 0.25) is 0 Å². The Morgan fingerprint density at radius 2 is 1.81 bits per heavy atom. The molecule has 2 aromatic rings. The molecule has 1 aliphatic heterocycles. The van der Waals surface area contributed by atoms with Crippen LogP contribution >= 0.6 is 0 Å². The van der Waals surface area contributed by atoms with Gasteiger partial charge in [-0.2, -0.15) is 0 Å². The van der Waals surface area contributed by atoms with Gasteiger partial charge in [0.2, 0.25) is 0 Å². The van der Waals surface area contributed by atoms with Gasteiger partial charge in [-0.3, -0.25) is 0 Å². The number of hydrogen-bond acceptors (Lipinski definition) is 3. The fourth-order valence-corrected chi connectivity index (χ4v) is 2.41. The summed E-state index contributed by atoms with van der Waals surface area (Å²) in [7, 11) is 0. The first-order chi connectivity index (χ1) is 10.2. The molecule has 1 aliphatic rings. The van der Waals surface area contributed by atoms with Crippen LogP contribution in [0.25, 0.3) is 0 Å². The first-order valence-electron chi connectivity index (χ1n) is 7.14. The van der Waals surface area contributed by atoms with Crippen molar-refractivity contribution in [2.24, 2.45) is 0 Å². The predicted molar refractivity (Wildman–Crippen MR) is 80.5 cm³/mol. The molecular weight excluding hydrogens is 269 g/mol. The number of nitrogens with one attached hydrogen (secondary N) is 1. The molecule has 1 N–H and O–H groups in total. The molecule has 2 aromatic carbocycles. The van der Waals surface area contributed by atoms with Gasteiger partial charge in [0.15, 0.2) is 11.5 Å². The second-order valence-electron chi connectivity index (χ2n) is 5.10. The van der Waals surface area contributed by atoms with Gasteiger partial charge in [0.1, 0.15) is 5.82 Å². The normalized spacial score (nSPS) is 15.1. The van der Waals surface area contributed by atoms with Crippen molar-refractivity contribution in [2.75, 3.05) is 18.5 Å². The first-order valence-corrected chi connectivity index (χ1v) is 7.14. The average molecular weight is 287 g/mol. The Hall–Kier alpha value is -2.23. The zero-order chi connectivity index (χ0) is 14.7. The summed E-state index contributed by atoms with van der Waals surface area (Å²) in [5.41, 5.74) is 1.53. The van der Waals surface area contributed by atoms with Crippen LogP contribution in [0.15, 0.2) is 42.5 Å². The van der Waals surface area contributed by atoms with E-state index in [4.69, 9.17) is 9.47 Å². The number of fused-ring (bicyclic) bond motifs is 1. The predicted octanol–water partition coefficient (Wildman–Crippen LogP) is 4.16. The number of hydrogen-bond donors (Lipinski definition) is 1. The van der Waals surface area contributed by atoms with Crippen molar-refractivity contribution in [3.8, 4) is 11.5 Å². The van der Waals surface area contributed by atoms with Crippen LogP contribution in [0.5, 0.6) is 11.5 Å². The number of rotatable bonds is 3. The minimum absolute atomic E-state index is 0.129. The summed E-state index contributed by atoms with van der Waals surface area (Å²) in [5, 5.41) is 3.29. The summed E-state index contributed by atoms with van der Waals surface area (Å²) in [4.78, 5) is 0. The lowest BCUT2D eigenvalue weighted by Crippen LogP contribution is -2.08. The van der Waals surface area contributed by atoms with Crippen LogP contribution in [0.3, 0.4) is 0 Å². The average Bonchev–Trinajstić information content (AvgIpc) is 2.72. The molecule has 0 amide bonds. The molecule has 0 aromatic heterocycles. The van der Waals surface area contributed by atoms with Crippen LogP contribution in [-0.4, -0.2) is 13.2 Å². The van der Waals surface area contributed by atoms with Gasteiger partial charge in [0.05, 0.1) is 19.3 Å². The second-order valence-corrected chi connectivity index (χ2v) is 5.10. The molecule has 1 unspecified atom stereocenters. The highest BCUT2D eigenvalue weighted by molar-refractivity contribution is 5.56. The highest BCUT2D eigenvalue weighted by Gasteiger charge is 2.13. The highest BCUT2D eigenvalue weighted by atomic mass is 19.1. The molecule has 1 heterocycles. The lowest BCUT2D eigenvalue weighted by molar-refractivity contribution is 0.297. The zero-order valence-corrected chi connectivity index (χ0v) is 11.9. The molecule has 0 saturated carbocycles. The van der Waals surface area contributed by atoms with Crippen molar-refractivity contribution in [3.05, 3.63) is 53.8 Å². The van der Waals surface area contributed by atoms with Gasteiger partial charge in [-0.25, -0.2) is 4.39 Å². The second kappa shape index (κ2) is 6.04. The third kappa shape index (κ3) is 3.10. The van der Waals surface area contributed by atoms with E-state index >= 15 is 0 Å². The Bertz CT molecular complexity index is 630. The highest BCUT2D eigenvalue weighted by Crippen LogP contribution is 2.33. The van der Waals surface area contributed by atoms with Gasteiger partial charge < -0.3 is 14.8 Å². The van der Waals surface area contributed by atoms with Crippen molar-refractivity contribution in [1.82, 2.24) is 0 Å². The maximum atomic E-state index is 13.8. The molecule has 3 nitrogen and oxygen atoms in total. The molecule has 4 heteroatoms. The zero-order valence-electron chi connectivity index (χ0n) is 11.9. The molecule has 0 saturated heterocycles. The number of halogens is 1. The molecule has 3 rings (SSSR count). The van der Waals surface area contributed by atoms with E-state index in [2.05, 4.69) is 5.32 Å². The van der Waals surface area contributed by atoms with E-state index in [1.807, 2.05) is 31.2 Å². The van der Waals surface area contributed by atoms with Gasteiger partial charge in [-0.05, 0) is 25.1 Å². The van der Waals surface area contributed by atoms with Crippen LogP contribution < -0.4 is 14.8 Å². The third-order valence-corrected chi connectivity index (χ3v) is 3.50. The minimum Gasteiger partial charge on any atom is -0.490 e. The maximum absolute atomic E-state index is 13.8. The quantitative estimate of drug-likeness (QED) is 0.919. The van der Waals surface area contributed by atoms with Crippen molar-refractivity contribution in [1.29, 1.82) is 0 Å². The Morgan fingerprint density at radius 3 is 2.62 bits per heavy atom. The summed E-state index contributed by atoms with van der Waals surface area (Å²) >= 11 is 0. The summed E-state index contributed by atoms with van der Waals surface area (Å²) in [6.07, 6.45) is 0.878. The number of ether oxygens (including phenoxy) is 2. The van der Waals surface area contributed by atoms with E-state index in [1.54, 1.807) is 12.1 Å². The minimum atomic E-state index is -0.202. The van der Waals surface area contributed by atoms with Crippen molar-refractivity contribution in [2.45, 2.75) is 19.4 Å². The van der Waals surface area contributed by atoms with E-state index < -0.39 is 0 Å². The molecule has 0 radical (unpaired) electrons. The molecule has 1 atom stereocenters. The monoisotopic (exact) mass is 287 g/mol. The molecule has 0 aliphatic carbocycles. The van der Waals surface area contributed by atoms with Gasteiger partial charge >= 0.3 is 0 Å². The van der Waals surface area contributed by atoms with Crippen molar-refractivity contribution >= 4 is 5.69 Å². The number of anilines is 1. The van der Waals surface area contributed by atoms with E-state index in [-0.39, 0.29) is 11.9 Å². The lowest BCUT2D eigenvalue weighted by atomic mass is 10.1. The van der Waals surface area contributed by atoms with Gasteiger partial charge in [-0.15, -0.1) is 0 Å². The smallest absolute Gasteiger partial charge is 0.163 e. The van der Waals surface area contributed by atoms with E-state index in [9.17, 15) is 4.39 Å². The van der Waals surface area contributed by atoms with E-state index in [1.165, 1.54) is 6.07 Å². The van der Waals surface area contributed by atoms with E-state index in [0.29, 0.717) is 18.8 Å². The summed E-state index contributed by atoms with van der Waals surface area (Å²) in [6.45, 7) is 3.26. The Morgan fingerprint density at radius 1 is 1.05 bits per heavy atom. The number of benzene rings is 2. The topological polar surface area (TPSA) is 30.5 Å². The standard InChI is InChI=1S/C17H18FNO2/c1-12(14-5-2-3-6-15(14)18)19-13-7-8-16-17(11-13)21-10-4-9-20-16/h2-3,5-8,11-12,19H,4,9-10H2,1H3. The summed E-state index contributed by atoms with van der Waals surface area (Å²) < 4.78 is 25.0. The molecular formula is C17H18FNO2. The van der Waals surface area contributed by atoms with Gasteiger partial charge in [-0.1, -0.05) is 18.2 Å². The summed E-state index contributed by atoms with van der Waals surface area (Å²) in [5.74, 6) is 1.29. The van der Waals surface area contributed by atoms with Crippen molar-refractivity contribution < 1.29 is 13.9 Å². The van der Waals surface area contributed by atoms with Crippen LogP contribution in [0.1, 0.15) is 24.9 Å². The van der Waals surface area contributed by atoms with Crippen LogP contribution in [0.4, 0.5) is 10.1 Å². The Labute approximate surface area is 123 Å². The Balaban J connectivity index is 1.79. The largest absolute Gasteiger partial charge is 0.490 e. The molecule has 0 spiro atoms. The van der Waals surface area contributed by atoms with Crippen LogP contribution in [-0.2, 0) is 0 Å². The van der Waals surface area contributed by atoms with Crippen LogP contribution in [0, 0.1) is 5.82 Å². The third-order valence-electron chi connectivity index (χ3n) is 3.50. The molecule has 0 bridgehead atoms. The lowest BCUT2D eigenvalue weighted by Gasteiger charge is -2.17. The SMILES string of the molecule is CC(Nc1ccc2c(c1)OCCCO2)c1ccccc1F. The van der Waals surface area contributed by atoms with Gasteiger partial charge in [0, 0.05) is 23.7 Å². The van der Waals surface area contributed by atoms with Gasteiger partial charge in [0.25, 0.3) is 0 Å². The molecule has 21 heavy (non-hydrogen) atoms. The molecule has 110 valence electrons. The fraction of sp³-hybridized carbons (Fsp3) is 0.294. The Kier molecular flexibility index (Phi) is 3.95. The summed E-state index contributed by atoms with van der Waals surface area (Å²) in [6, 6.07) is 12.4. The first kappa shape index (κ1) is 13.7. The van der Waals surface area contributed by atoms with E-state index in [0.717, 1.165) is 23.6 Å². The molecule has 0 fully saturated rings. The maximum Gasteiger partial charge on any atom is 0.163 e. The van der Waals surface area contributed by atoms with Crippen molar-refractivity contribution in [3.63, 3.8) is 0 Å². The fourth-order valence-electron chi connectivity index (χ4n) is 2.41.